The van der Waals surface area contributed by atoms with Crippen LogP contribution in [0, 0.1) is 9.39 Å². The van der Waals surface area contributed by atoms with Gasteiger partial charge in [0.1, 0.15) is 12.4 Å². The summed E-state index contributed by atoms with van der Waals surface area (Å²) in [5, 5.41) is 3.31. The van der Waals surface area contributed by atoms with Crippen LogP contribution in [0.5, 0.6) is 11.5 Å². The Balaban J connectivity index is 1.62. The molecule has 2 aliphatic rings. The lowest BCUT2D eigenvalue weighted by molar-refractivity contribution is -0.138. The summed E-state index contributed by atoms with van der Waals surface area (Å²) in [4.78, 5) is 27.0. The van der Waals surface area contributed by atoms with Gasteiger partial charge in [-0.1, -0.05) is 36.4 Å². The number of allylic oxidation sites excluding steroid dienone is 2. The maximum atomic E-state index is 13.7. The molecule has 0 bridgehead atoms. The molecule has 0 aromatic heterocycles. The first-order chi connectivity index (χ1) is 18.8. The van der Waals surface area contributed by atoms with Gasteiger partial charge in [-0.3, -0.25) is 4.79 Å². The molecule has 0 unspecified atom stereocenters. The number of dihydropyridines is 1. The molecule has 1 atom stereocenters. The fourth-order valence-corrected chi connectivity index (χ4v) is 5.86. The third kappa shape index (κ3) is 5.05. The zero-order valence-electron chi connectivity index (χ0n) is 21.8. The maximum absolute atomic E-state index is 13.7. The Kier molecular flexibility index (Phi) is 7.74. The molecular weight excluding hydrogens is 612 g/mol. The Labute approximate surface area is 240 Å². The Bertz CT molecular complexity index is 1540. The number of hydrogen-bond donors (Lipinski definition) is 1. The second kappa shape index (κ2) is 11.2. The molecule has 0 spiro atoms. The molecule has 200 valence electrons. The number of ether oxygens (including phenoxy) is 3. The summed E-state index contributed by atoms with van der Waals surface area (Å²) in [5.41, 5.74) is 4.99. The van der Waals surface area contributed by atoms with Crippen molar-refractivity contribution < 1.29 is 28.2 Å². The highest BCUT2D eigenvalue weighted by Gasteiger charge is 2.43. The second-order valence-corrected chi connectivity index (χ2v) is 10.3. The van der Waals surface area contributed by atoms with Crippen molar-refractivity contribution in [2.45, 2.75) is 33.3 Å². The Morgan fingerprint density at radius 1 is 1.00 bits per heavy atom. The van der Waals surface area contributed by atoms with Crippen LogP contribution in [0.2, 0.25) is 0 Å². The van der Waals surface area contributed by atoms with E-state index < -0.39 is 11.9 Å². The highest BCUT2D eigenvalue weighted by Crippen LogP contribution is 2.48. The summed E-state index contributed by atoms with van der Waals surface area (Å²) in [6.07, 6.45) is 0. The molecule has 1 aliphatic heterocycles. The molecule has 1 N–H and O–H groups in total. The smallest absolute Gasteiger partial charge is 0.336 e. The highest BCUT2D eigenvalue weighted by molar-refractivity contribution is 14.1. The predicted octanol–water partition coefficient (Wildman–Crippen LogP) is 6.54. The monoisotopic (exact) mass is 639 g/mol. The van der Waals surface area contributed by atoms with Crippen molar-refractivity contribution in [2.75, 3.05) is 13.2 Å². The number of carbonyl (C=O) groups is 2. The first kappa shape index (κ1) is 26.9. The van der Waals surface area contributed by atoms with E-state index in [-0.39, 0.29) is 24.8 Å². The maximum Gasteiger partial charge on any atom is 0.336 e. The number of nitrogens with one attached hydrogen (secondary N) is 1. The number of fused-ring (bicyclic) bond motifs is 2. The zero-order valence-corrected chi connectivity index (χ0v) is 23.9. The molecule has 0 radical (unpaired) electrons. The van der Waals surface area contributed by atoms with Crippen molar-refractivity contribution in [1.29, 1.82) is 0 Å². The Morgan fingerprint density at radius 3 is 2.49 bits per heavy atom. The normalized spacial score (nSPS) is 16.0. The van der Waals surface area contributed by atoms with Crippen LogP contribution in [0.4, 0.5) is 4.39 Å². The SMILES string of the molecule is CCOC(=O)C1=C(C)NC2=C(C(=O)c3ccccc32)[C@@H]1c1cc(I)c(OCc2cccc(F)c2)c(OCC)c1. The van der Waals surface area contributed by atoms with E-state index in [1.54, 1.807) is 25.1 Å². The van der Waals surface area contributed by atoms with Crippen LogP contribution in [0.3, 0.4) is 0 Å². The molecule has 1 aliphatic carbocycles. The van der Waals surface area contributed by atoms with Gasteiger partial charge in [-0.2, -0.15) is 0 Å². The molecular formula is C31H27FINO5. The van der Waals surface area contributed by atoms with Crippen molar-refractivity contribution in [3.05, 3.63) is 109 Å². The molecule has 0 amide bonds. The molecule has 6 nitrogen and oxygen atoms in total. The predicted molar refractivity (Wildman–Crippen MR) is 154 cm³/mol. The number of hydrogen-bond acceptors (Lipinski definition) is 6. The van der Waals surface area contributed by atoms with Gasteiger partial charge >= 0.3 is 5.97 Å². The summed E-state index contributed by atoms with van der Waals surface area (Å²) in [7, 11) is 0. The number of carbonyl (C=O) groups excluding carboxylic acids is 2. The quantitative estimate of drug-likeness (QED) is 0.223. The van der Waals surface area contributed by atoms with Gasteiger partial charge in [-0.05, 0) is 78.8 Å². The van der Waals surface area contributed by atoms with Crippen LogP contribution < -0.4 is 14.8 Å². The molecule has 3 aromatic carbocycles. The van der Waals surface area contributed by atoms with E-state index in [4.69, 9.17) is 14.2 Å². The van der Waals surface area contributed by atoms with Gasteiger partial charge in [0.25, 0.3) is 0 Å². The third-order valence-electron chi connectivity index (χ3n) is 6.68. The zero-order chi connectivity index (χ0) is 27.7. The summed E-state index contributed by atoms with van der Waals surface area (Å²) < 4.78 is 31.9. The molecule has 8 heteroatoms. The summed E-state index contributed by atoms with van der Waals surface area (Å²) in [6.45, 7) is 6.17. The minimum absolute atomic E-state index is 0.133. The van der Waals surface area contributed by atoms with Crippen molar-refractivity contribution in [1.82, 2.24) is 5.32 Å². The van der Waals surface area contributed by atoms with E-state index in [9.17, 15) is 14.0 Å². The largest absolute Gasteiger partial charge is 0.490 e. The third-order valence-corrected chi connectivity index (χ3v) is 7.48. The van der Waals surface area contributed by atoms with Gasteiger partial charge in [0.2, 0.25) is 0 Å². The number of rotatable bonds is 8. The lowest BCUT2D eigenvalue weighted by Crippen LogP contribution is -2.29. The van der Waals surface area contributed by atoms with Gasteiger partial charge < -0.3 is 19.5 Å². The van der Waals surface area contributed by atoms with Crippen LogP contribution in [0.15, 0.2) is 77.5 Å². The molecule has 0 fully saturated rings. The standard InChI is InChI=1S/C31H27FINO5/c1-4-37-24-15-19(14-23(33)30(24)39-16-18-9-8-10-20(32)13-18)26-25(31(36)38-5-2)17(3)34-28-21-11-6-7-12-22(21)29(35)27(26)28/h6-15,26,34H,4-5,16H2,1-3H3/t26-/m1/s1. The Morgan fingerprint density at radius 2 is 1.77 bits per heavy atom. The Hall–Kier alpha value is -3.66. The number of ketones is 1. The molecule has 3 aromatic rings. The molecule has 5 rings (SSSR count). The summed E-state index contributed by atoms with van der Waals surface area (Å²) in [5.74, 6) is -0.649. The number of Topliss-reactive ketones (excluding diaryl/α,β-unsaturated/α-hetero) is 1. The molecule has 0 saturated carbocycles. The van der Waals surface area contributed by atoms with E-state index in [1.165, 1.54) is 12.1 Å². The van der Waals surface area contributed by atoms with Crippen molar-refractivity contribution in [2.24, 2.45) is 0 Å². The van der Waals surface area contributed by atoms with Gasteiger partial charge in [0.15, 0.2) is 17.3 Å². The summed E-state index contributed by atoms with van der Waals surface area (Å²) in [6, 6.07) is 17.4. The second-order valence-electron chi connectivity index (χ2n) is 9.16. The van der Waals surface area contributed by atoms with Crippen LogP contribution in [0.25, 0.3) is 5.70 Å². The van der Waals surface area contributed by atoms with E-state index in [1.807, 2.05) is 44.2 Å². The number of esters is 1. The van der Waals surface area contributed by atoms with E-state index in [2.05, 4.69) is 27.9 Å². The number of halogens is 2. The molecule has 0 saturated heterocycles. The summed E-state index contributed by atoms with van der Waals surface area (Å²) >= 11 is 2.16. The van der Waals surface area contributed by atoms with Gasteiger partial charge in [-0.15, -0.1) is 0 Å². The first-order valence-corrected chi connectivity index (χ1v) is 13.8. The van der Waals surface area contributed by atoms with Gasteiger partial charge in [0, 0.05) is 28.3 Å². The highest BCUT2D eigenvalue weighted by atomic mass is 127. The minimum Gasteiger partial charge on any atom is -0.490 e. The minimum atomic E-state index is -0.676. The van der Waals surface area contributed by atoms with Crippen LogP contribution >= 0.6 is 22.6 Å². The average molecular weight is 639 g/mol. The average Bonchev–Trinajstić information content (AvgIpc) is 3.19. The van der Waals surface area contributed by atoms with Gasteiger partial charge in [-0.25, -0.2) is 9.18 Å². The van der Waals surface area contributed by atoms with Crippen LogP contribution in [-0.4, -0.2) is 25.0 Å². The van der Waals surface area contributed by atoms with E-state index in [0.717, 1.165) is 9.13 Å². The van der Waals surface area contributed by atoms with Crippen molar-refractivity contribution in [3.8, 4) is 11.5 Å². The van der Waals surface area contributed by atoms with E-state index >= 15 is 0 Å². The van der Waals surface area contributed by atoms with Crippen LogP contribution in [-0.2, 0) is 16.1 Å². The lowest BCUT2D eigenvalue weighted by Gasteiger charge is -2.30. The topological polar surface area (TPSA) is 73.9 Å². The number of benzene rings is 3. The first-order valence-electron chi connectivity index (χ1n) is 12.7. The lowest BCUT2D eigenvalue weighted by atomic mass is 9.79. The molecule has 39 heavy (non-hydrogen) atoms. The van der Waals surface area contributed by atoms with Crippen molar-refractivity contribution in [3.63, 3.8) is 0 Å². The van der Waals surface area contributed by atoms with E-state index in [0.29, 0.717) is 57.3 Å². The molecule has 1 heterocycles. The van der Waals surface area contributed by atoms with Gasteiger partial charge in [0.05, 0.1) is 28.1 Å². The fourth-order valence-electron chi connectivity index (χ4n) is 5.08. The van der Waals surface area contributed by atoms with Crippen molar-refractivity contribution >= 4 is 40.0 Å². The fraction of sp³-hybridized carbons (Fsp3) is 0.226. The van der Waals surface area contributed by atoms with Crippen LogP contribution in [0.1, 0.15) is 53.7 Å².